The molecule has 2 heterocycles. The second-order valence-corrected chi connectivity index (χ2v) is 8.76. The first-order valence-electron chi connectivity index (χ1n) is 9.25. The number of aryl methyl sites for hydroxylation is 1. The predicted octanol–water partition coefficient (Wildman–Crippen LogP) is 2.71. The molecule has 3 aliphatic rings. The number of hydrogen-bond acceptors (Lipinski definition) is 4. The van der Waals surface area contributed by atoms with Crippen LogP contribution >= 0.6 is 0 Å². The Balaban J connectivity index is 1.45. The van der Waals surface area contributed by atoms with Crippen LogP contribution in [0.1, 0.15) is 69.1 Å². The van der Waals surface area contributed by atoms with E-state index in [0.717, 1.165) is 37.2 Å². The summed E-state index contributed by atoms with van der Waals surface area (Å²) in [6, 6.07) is 2.46. The molecule has 0 unspecified atom stereocenters. The maximum Gasteiger partial charge on any atom is 0.322 e. The van der Waals surface area contributed by atoms with Crippen molar-refractivity contribution >= 4 is 11.9 Å². The number of imide groups is 1. The molecule has 1 saturated carbocycles. The lowest BCUT2D eigenvalue weighted by Crippen LogP contribution is -2.52. The van der Waals surface area contributed by atoms with Crippen molar-refractivity contribution in [2.24, 2.45) is 5.41 Å². The van der Waals surface area contributed by atoms with Crippen LogP contribution in [-0.4, -0.2) is 23.5 Å². The minimum absolute atomic E-state index is 0.164. The number of urea groups is 1. The van der Waals surface area contributed by atoms with Crippen LogP contribution < -0.4 is 16.0 Å². The lowest BCUT2D eigenvalue weighted by atomic mass is 9.73. The summed E-state index contributed by atoms with van der Waals surface area (Å²) in [6.07, 6.45) is 5.21. The SMILES string of the molecule is Cc1cc2c(o1)CC(C)(C)C[C@H]2NC1CCC2(CC1)NC(=O)NC2=O. The first-order chi connectivity index (χ1) is 11.8. The molecular weight excluding hydrogens is 318 g/mol. The van der Waals surface area contributed by atoms with Crippen molar-refractivity contribution in [1.29, 1.82) is 0 Å². The van der Waals surface area contributed by atoms with Crippen LogP contribution in [0, 0.1) is 12.3 Å². The second kappa shape index (κ2) is 5.59. The van der Waals surface area contributed by atoms with E-state index in [9.17, 15) is 9.59 Å². The fourth-order valence-electron chi connectivity index (χ4n) is 4.78. The monoisotopic (exact) mass is 345 g/mol. The summed E-state index contributed by atoms with van der Waals surface area (Å²) in [5.41, 5.74) is 0.826. The Morgan fingerprint density at radius 3 is 2.60 bits per heavy atom. The number of hydrogen-bond donors (Lipinski definition) is 3. The molecule has 1 saturated heterocycles. The first kappa shape index (κ1) is 16.6. The summed E-state index contributed by atoms with van der Waals surface area (Å²) in [5, 5.41) is 9.02. The molecule has 3 amide bonds. The van der Waals surface area contributed by atoms with E-state index in [2.05, 4.69) is 35.9 Å². The average Bonchev–Trinajstić information content (AvgIpc) is 3.00. The molecule has 1 aliphatic heterocycles. The second-order valence-electron chi connectivity index (χ2n) is 8.76. The third kappa shape index (κ3) is 2.97. The van der Waals surface area contributed by atoms with E-state index in [1.54, 1.807) is 0 Å². The van der Waals surface area contributed by atoms with Crippen LogP contribution in [-0.2, 0) is 11.2 Å². The van der Waals surface area contributed by atoms with Crippen LogP contribution in [0.3, 0.4) is 0 Å². The number of amides is 3. The van der Waals surface area contributed by atoms with E-state index in [0.29, 0.717) is 24.9 Å². The van der Waals surface area contributed by atoms with Gasteiger partial charge in [-0.1, -0.05) is 13.8 Å². The molecule has 1 aromatic rings. The molecule has 1 aromatic heterocycles. The topological polar surface area (TPSA) is 83.4 Å². The Labute approximate surface area is 148 Å². The number of nitrogens with one attached hydrogen (secondary N) is 3. The molecule has 25 heavy (non-hydrogen) atoms. The third-order valence-corrected chi connectivity index (χ3v) is 6.03. The van der Waals surface area contributed by atoms with E-state index in [4.69, 9.17) is 4.42 Å². The zero-order chi connectivity index (χ0) is 17.8. The summed E-state index contributed by atoms with van der Waals surface area (Å²) in [7, 11) is 0. The molecule has 0 radical (unpaired) electrons. The summed E-state index contributed by atoms with van der Waals surface area (Å²) < 4.78 is 5.92. The predicted molar refractivity (Wildman–Crippen MR) is 93.1 cm³/mol. The minimum Gasteiger partial charge on any atom is -0.466 e. The van der Waals surface area contributed by atoms with Gasteiger partial charge in [0.1, 0.15) is 17.1 Å². The third-order valence-electron chi connectivity index (χ3n) is 6.03. The molecular formula is C19H27N3O3. The van der Waals surface area contributed by atoms with Crippen LogP contribution in [0.4, 0.5) is 4.79 Å². The van der Waals surface area contributed by atoms with Gasteiger partial charge in [0.05, 0.1) is 0 Å². The largest absolute Gasteiger partial charge is 0.466 e. The van der Waals surface area contributed by atoms with Crippen LogP contribution in [0.15, 0.2) is 10.5 Å². The highest BCUT2D eigenvalue weighted by Crippen LogP contribution is 2.43. The van der Waals surface area contributed by atoms with E-state index >= 15 is 0 Å². The van der Waals surface area contributed by atoms with Crippen molar-refractivity contribution in [3.63, 3.8) is 0 Å². The van der Waals surface area contributed by atoms with Crippen molar-refractivity contribution < 1.29 is 14.0 Å². The molecule has 0 bridgehead atoms. The zero-order valence-electron chi connectivity index (χ0n) is 15.2. The van der Waals surface area contributed by atoms with Gasteiger partial charge in [-0.3, -0.25) is 10.1 Å². The Hall–Kier alpha value is -1.82. The van der Waals surface area contributed by atoms with Crippen LogP contribution in [0.2, 0.25) is 0 Å². The molecule has 2 fully saturated rings. The van der Waals surface area contributed by atoms with Crippen molar-refractivity contribution in [3.8, 4) is 0 Å². The first-order valence-corrected chi connectivity index (χ1v) is 9.25. The molecule has 2 aliphatic carbocycles. The van der Waals surface area contributed by atoms with Gasteiger partial charge in [0.25, 0.3) is 5.91 Å². The Morgan fingerprint density at radius 1 is 1.24 bits per heavy atom. The normalized spacial score (nSPS) is 33.9. The molecule has 136 valence electrons. The van der Waals surface area contributed by atoms with Gasteiger partial charge in [-0.25, -0.2) is 4.79 Å². The summed E-state index contributed by atoms with van der Waals surface area (Å²) >= 11 is 0. The van der Waals surface area contributed by atoms with Gasteiger partial charge < -0.3 is 15.1 Å². The van der Waals surface area contributed by atoms with E-state index in [-0.39, 0.29) is 17.4 Å². The van der Waals surface area contributed by atoms with Crippen molar-refractivity contribution in [1.82, 2.24) is 16.0 Å². The highest BCUT2D eigenvalue weighted by molar-refractivity contribution is 6.07. The molecule has 6 heteroatoms. The molecule has 0 aromatic carbocycles. The minimum atomic E-state index is -0.682. The van der Waals surface area contributed by atoms with Gasteiger partial charge >= 0.3 is 6.03 Å². The quantitative estimate of drug-likeness (QED) is 0.720. The fraction of sp³-hybridized carbons (Fsp3) is 0.684. The number of rotatable bonds is 2. The molecule has 1 spiro atoms. The van der Waals surface area contributed by atoms with E-state index < -0.39 is 5.54 Å². The van der Waals surface area contributed by atoms with Gasteiger partial charge in [0, 0.05) is 24.1 Å². The van der Waals surface area contributed by atoms with Crippen LogP contribution in [0.25, 0.3) is 0 Å². The highest BCUT2D eigenvalue weighted by Gasteiger charge is 2.48. The van der Waals surface area contributed by atoms with Gasteiger partial charge in [0.15, 0.2) is 0 Å². The smallest absolute Gasteiger partial charge is 0.322 e. The standard InChI is InChI=1S/C19H27N3O3/c1-11-8-13-14(9-18(2,3)10-15(13)25-11)20-12-4-6-19(7-5-12)16(23)21-17(24)22-19/h8,12,14,20H,4-7,9-10H2,1-3H3,(H2,21,22,23,24)/t12?,14-,19?/m1/s1. The molecule has 3 N–H and O–H groups in total. The summed E-state index contributed by atoms with van der Waals surface area (Å²) in [6.45, 7) is 6.58. The van der Waals surface area contributed by atoms with Crippen molar-refractivity contribution in [2.75, 3.05) is 0 Å². The molecule has 1 atom stereocenters. The summed E-state index contributed by atoms with van der Waals surface area (Å²) in [4.78, 5) is 23.5. The number of fused-ring (bicyclic) bond motifs is 1. The van der Waals surface area contributed by atoms with Crippen molar-refractivity contribution in [2.45, 2.75) is 76.9 Å². The summed E-state index contributed by atoms with van der Waals surface area (Å²) in [5.74, 6) is 1.92. The highest BCUT2D eigenvalue weighted by atomic mass is 16.3. The maximum atomic E-state index is 12.1. The van der Waals surface area contributed by atoms with Crippen molar-refractivity contribution in [3.05, 3.63) is 23.2 Å². The lowest BCUT2D eigenvalue weighted by Gasteiger charge is -2.40. The van der Waals surface area contributed by atoms with Gasteiger partial charge in [-0.2, -0.15) is 0 Å². The fourth-order valence-corrected chi connectivity index (χ4v) is 4.78. The average molecular weight is 345 g/mol. The lowest BCUT2D eigenvalue weighted by molar-refractivity contribution is -0.125. The maximum absolute atomic E-state index is 12.1. The van der Waals surface area contributed by atoms with Gasteiger partial charge in [-0.05, 0) is 50.5 Å². The number of carbonyl (C=O) groups is 2. The van der Waals surface area contributed by atoms with Gasteiger partial charge in [0.2, 0.25) is 0 Å². The zero-order valence-corrected chi connectivity index (χ0v) is 15.2. The van der Waals surface area contributed by atoms with E-state index in [1.807, 2.05) is 6.92 Å². The van der Waals surface area contributed by atoms with Crippen LogP contribution in [0.5, 0.6) is 0 Å². The Kier molecular flexibility index (Phi) is 3.72. The molecule has 6 nitrogen and oxygen atoms in total. The Morgan fingerprint density at radius 2 is 1.96 bits per heavy atom. The van der Waals surface area contributed by atoms with Gasteiger partial charge in [-0.15, -0.1) is 0 Å². The number of carbonyl (C=O) groups excluding carboxylic acids is 2. The Bertz CT molecular complexity index is 713. The van der Waals surface area contributed by atoms with E-state index in [1.165, 1.54) is 5.56 Å². The molecule has 4 rings (SSSR count). The number of furan rings is 1.